The summed E-state index contributed by atoms with van der Waals surface area (Å²) in [7, 11) is -3.55. The minimum Gasteiger partial charge on any atom is -0.325 e. The normalized spacial score (nSPS) is 12.7. The van der Waals surface area contributed by atoms with Crippen LogP contribution in [0.15, 0.2) is 24.3 Å². The number of rotatable bonds is 5. The summed E-state index contributed by atoms with van der Waals surface area (Å²) in [6, 6.07) is 3.49. The van der Waals surface area contributed by atoms with E-state index >= 15 is 0 Å². The summed E-state index contributed by atoms with van der Waals surface area (Å²) in [6.45, 7) is 2.83. The third-order valence-electron chi connectivity index (χ3n) is 2.80. The van der Waals surface area contributed by atoms with Gasteiger partial charge in [0.25, 0.3) is 0 Å². The summed E-state index contributed by atoms with van der Waals surface area (Å²) in [5.74, 6) is -0.626. The van der Waals surface area contributed by atoms with Crippen molar-refractivity contribution < 1.29 is 26.4 Å². The Labute approximate surface area is 127 Å². The lowest BCUT2D eigenvalue weighted by molar-refractivity contribution is -0.137. The molecule has 1 amide bonds. The highest BCUT2D eigenvalue weighted by Gasteiger charge is 2.30. The molecule has 0 atom stereocenters. The number of halogens is 3. The molecule has 124 valence electrons. The Morgan fingerprint density at radius 3 is 2.09 bits per heavy atom. The van der Waals surface area contributed by atoms with Crippen molar-refractivity contribution >= 4 is 21.6 Å². The van der Waals surface area contributed by atoms with Crippen LogP contribution in [0.4, 0.5) is 18.9 Å². The molecule has 0 saturated carbocycles. The Hall–Kier alpha value is -1.61. The van der Waals surface area contributed by atoms with E-state index in [9.17, 15) is 26.4 Å². The van der Waals surface area contributed by atoms with E-state index in [0.717, 1.165) is 34.8 Å². The van der Waals surface area contributed by atoms with Crippen molar-refractivity contribution in [3.63, 3.8) is 0 Å². The van der Waals surface area contributed by atoms with Crippen LogP contribution in [0.3, 0.4) is 0 Å². The van der Waals surface area contributed by atoms with Crippen LogP contribution in [-0.2, 0) is 21.0 Å². The molecule has 0 spiro atoms. The van der Waals surface area contributed by atoms with Gasteiger partial charge < -0.3 is 5.32 Å². The molecule has 1 aromatic rings. The van der Waals surface area contributed by atoms with E-state index in [0.29, 0.717) is 0 Å². The first kappa shape index (κ1) is 18.4. The van der Waals surface area contributed by atoms with Gasteiger partial charge in [0.1, 0.15) is 0 Å². The molecular formula is C13H17F3N2O3S. The molecule has 0 bridgehead atoms. The smallest absolute Gasteiger partial charge is 0.325 e. The summed E-state index contributed by atoms with van der Waals surface area (Å²) < 4.78 is 61.3. The van der Waals surface area contributed by atoms with E-state index in [4.69, 9.17) is 0 Å². The van der Waals surface area contributed by atoms with E-state index < -0.39 is 40.3 Å². The first-order valence-electron chi connectivity index (χ1n) is 6.35. The van der Waals surface area contributed by atoms with Crippen molar-refractivity contribution in [2.75, 3.05) is 18.1 Å². The number of sulfonamides is 1. The minimum absolute atomic E-state index is 0.162. The van der Waals surface area contributed by atoms with Gasteiger partial charge in [0, 0.05) is 11.7 Å². The molecular weight excluding hydrogens is 321 g/mol. The van der Waals surface area contributed by atoms with E-state index in [-0.39, 0.29) is 5.69 Å². The number of hydrogen-bond acceptors (Lipinski definition) is 3. The molecule has 0 radical (unpaired) electrons. The number of benzene rings is 1. The number of amides is 1. The number of nitrogens with zero attached hydrogens (tertiary/aromatic N) is 1. The summed E-state index contributed by atoms with van der Waals surface area (Å²) >= 11 is 0. The summed E-state index contributed by atoms with van der Waals surface area (Å²) in [4.78, 5) is 11.8. The third kappa shape index (κ3) is 5.30. The molecule has 0 saturated heterocycles. The van der Waals surface area contributed by atoms with Crippen molar-refractivity contribution in [3.05, 3.63) is 29.8 Å². The van der Waals surface area contributed by atoms with Gasteiger partial charge in [0.05, 0.1) is 18.4 Å². The Kier molecular flexibility index (Phi) is 5.58. The van der Waals surface area contributed by atoms with Crippen molar-refractivity contribution in [2.45, 2.75) is 26.1 Å². The molecule has 0 unspecified atom stereocenters. The Bertz CT molecular complexity index is 625. The van der Waals surface area contributed by atoms with Crippen LogP contribution in [-0.4, -0.2) is 37.5 Å². The molecule has 1 aromatic carbocycles. The van der Waals surface area contributed by atoms with Crippen LogP contribution in [0.5, 0.6) is 0 Å². The summed E-state index contributed by atoms with van der Waals surface area (Å²) in [6.07, 6.45) is -3.47. The zero-order valence-electron chi connectivity index (χ0n) is 12.3. The predicted octanol–water partition coefficient (Wildman–Crippen LogP) is 2.31. The van der Waals surface area contributed by atoms with Gasteiger partial charge >= 0.3 is 6.18 Å². The monoisotopic (exact) mass is 338 g/mol. The van der Waals surface area contributed by atoms with Gasteiger partial charge in [-0.15, -0.1) is 0 Å². The standard InChI is InChI=1S/C13H17F3N2O3S/c1-9(2)18(22(3,20)21)8-12(19)17-11-6-4-10(5-7-11)13(14,15)16/h4-7,9H,8H2,1-3H3,(H,17,19). The minimum atomic E-state index is -4.45. The zero-order chi connectivity index (χ0) is 17.1. The molecule has 5 nitrogen and oxygen atoms in total. The lowest BCUT2D eigenvalue weighted by Gasteiger charge is -2.23. The van der Waals surface area contributed by atoms with Crippen LogP contribution < -0.4 is 5.32 Å². The highest BCUT2D eigenvalue weighted by molar-refractivity contribution is 7.88. The topological polar surface area (TPSA) is 66.5 Å². The van der Waals surface area contributed by atoms with Crippen LogP contribution in [0.2, 0.25) is 0 Å². The maximum absolute atomic E-state index is 12.4. The van der Waals surface area contributed by atoms with Gasteiger partial charge in [0.15, 0.2) is 0 Å². The second-order valence-electron chi connectivity index (χ2n) is 5.03. The molecule has 22 heavy (non-hydrogen) atoms. The molecule has 1 N–H and O–H groups in total. The largest absolute Gasteiger partial charge is 0.416 e. The van der Waals surface area contributed by atoms with Crippen LogP contribution >= 0.6 is 0 Å². The Balaban J connectivity index is 2.77. The van der Waals surface area contributed by atoms with Gasteiger partial charge in [-0.1, -0.05) is 0 Å². The van der Waals surface area contributed by atoms with Gasteiger partial charge in [-0.2, -0.15) is 17.5 Å². The fourth-order valence-electron chi connectivity index (χ4n) is 1.77. The van der Waals surface area contributed by atoms with Crippen molar-refractivity contribution in [3.8, 4) is 0 Å². The van der Waals surface area contributed by atoms with E-state index in [1.54, 1.807) is 13.8 Å². The molecule has 0 fully saturated rings. The van der Waals surface area contributed by atoms with Gasteiger partial charge in [-0.3, -0.25) is 4.79 Å². The molecule has 9 heteroatoms. The Morgan fingerprint density at radius 1 is 1.23 bits per heavy atom. The number of alkyl halides is 3. The molecule has 0 aliphatic heterocycles. The maximum atomic E-state index is 12.4. The van der Waals surface area contributed by atoms with E-state index in [1.165, 1.54) is 0 Å². The van der Waals surface area contributed by atoms with Crippen LogP contribution in [0, 0.1) is 0 Å². The van der Waals surface area contributed by atoms with Gasteiger partial charge in [-0.25, -0.2) is 8.42 Å². The molecule has 0 heterocycles. The highest BCUT2D eigenvalue weighted by atomic mass is 32.2. The SMILES string of the molecule is CC(C)N(CC(=O)Nc1ccc(C(F)(F)F)cc1)S(C)(=O)=O. The fourth-order valence-corrected chi connectivity index (χ4v) is 2.89. The fraction of sp³-hybridized carbons (Fsp3) is 0.462. The first-order valence-corrected chi connectivity index (χ1v) is 8.20. The number of anilines is 1. The lowest BCUT2D eigenvalue weighted by atomic mass is 10.2. The summed E-state index contributed by atoms with van der Waals surface area (Å²) in [5.41, 5.74) is -0.666. The number of nitrogens with one attached hydrogen (secondary N) is 1. The zero-order valence-corrected chi connectivity index (χ0v) is 13.1. The second-order valence-corrected chi connectivity index (χ2v) is 6.96. The third-order valence-corrected chi connectivity index (χ3v) is 4.20. The lowest BCUT2D eigenvalue weighted by Crippen LogP contribution is -2.41. The van der Waals surface area contributed by atoms with Gasteiger partial charge in [0.2, 0.25) is 15.9 Å². The van der Waals surface area contributed by atoms with Crippen molar-refractivity contribution in [2.24, 2.45) is 0 Å². The summed E-state index contributed by atoms with van der Waals surface area (Å²) in [5, 5.41) is 2.37. The molecule has 0 aromatic heterocycles. The van der Waals surface area contributed by atoms with Crippen molar-refractivity contribution in [1.29, 1.82) is 0 Å². The van der Waals surface area contributed by atoms with Crippen LogP contribution in [0.25, 0.3) is 0 Å². The second kappa shape index (κ2) is 6.66. The predicted molar refractivity (Wildman–Crippen MR) is 76.8 cm³/mol. The average molecular weight is 338 g/mol. The highest BCUT2D eigenvalue weighted by Crippen LogP contribution is 2.29. The van der Waals surface area contributed by atoms with E-state index in [1.807, 2.05) is 0 Å². The number of carbonyl (C=O) groups excluding carboxylic acids is 1. The number of carbonyl (C=O) groups is 1. The van der Waals surface area contributed by atoms with Crippen LogP contribution in [0.1, 0.15) is 19.4 Å². The maximum Gasteiger partial charge on any atom is 0.416 e. The van der Waals surface area contributed by atoms with E-state index in [2.05, 4.69) is 5.32 Å². The first-order chi connectivity index (χ1) is 9.91. The Morgan fingerprint density at radius 2 is 1.73 bits per heavy atom. The van der Waals surface area contributed by atoms with Gasteiger partial charge in [-0.05, 0) is 38.1 Å². The average Bonchev–Trinajstić information content (AvgIpc) is 2.33. The number of hydrogen-bond donors (Lipinski definition) is 1. The molecule has 0 aliphatic carbocycles. The quantitative estimate of drug-likeness (QED) is 0.896. The molecule has 0 aliphatic rings. The molecule has 1 rings (SSSR count). The van der Waals surface area contributed by atoms with Crippen molar-refractivity contribution in [1.82, 2.24) is 4.31 Å².